The summed E-state index contributed by atoms with van der Waals surface area (Å²) in [5.74, 6) is 0. The average molecular weight is 192 g/mol. The maximum atomic E-state index is 8.99. The third-order valence-corrected chi connectivity index (χ3v) is 2.34. The minimum Gasteiger partial charge on any atom is -0.392 e. The molecule has 0 radical (unpaired) electrons. The predicted molar refractivity (Wildman–Crippen MR) is 60.1 cm³/mol. The van der Waals surface area contributed by atoms with Crippen LogP contribution in [0.25, 0.3) is 0 Å². The molecule has 1 nitrogen and oxygen atoms in total. The fraction of sp³-hybridized carbons (Fsp3) is 0.538. The largest absolute Gasteiger partial charge is 0.392 e. The highest BCUT2D eigenvalue weighted by molar-refractivity contribution is 5.23. The highest BCUT2D eigenvalue weighted by atomic mass is 16.3. The zero-order valence-electron chi connectivity index (χ0n) is 9.38. The van der Waals surface area contributed by atoms with Crippen LogP contribution in [0.1, 0.15) is 38.3 Å². The number of aliphatic hydroxyl groups excluding tert-OH is 1. The van der Waals surface area contributed by atoms with Crippen molar-refractivity contribution in [1.29, 1.82) is 0 Å². The Balaban J connectivity index is 2.59. The van der Waals surface area contributed by atoms with Gasteiger partial charge in [0.25, 0.3) is 0 Å². The number of benzene rings is 1. The van der Waals surface area contributed by atoms with E-state index in [9.17, 15) is 0 Å². The Morgan fingerprint density at radius 3 is 2.36 bits per heavy atom. The monoisotopic (exact) mass is 192 g/mol. The molecule has 0 aliphatic rings. The predicted octanol–water partition coefficient (Wildman–Crippen LogP) is 3.16. The highest BCUT2D eigenvalue weighted by Gasteiger charge is 2.09. The third kappa shape index (κ3) is 3.93. The van der Waals surface area contributed by atoms with Crippen LogP contribution in [-0.4, -0.2) is 5.11 Å². The van der Waals surface area contributed by atoms with E-state index in [4.69, 9.17) is 5.11 Å². The lowest BCUT2D eigenvalue weighted by atomic mass is 9.88. The maximum absolute atomic E-state index is 8.99. The van der Waals surface area contributed by atoms with Gasteiger partial charge in [-0.2, -0.15) is 0 Å². The van der Waals surface area contributed by atoms with Gasteiger partial charge in [-0.15, -0.1) is 0 Å². The van der Waals surface area contributed by atoms with Crippen molar-refractivity contribution in [2.24, 2.45) is 5.41 Å². The quantitative estimate of drug-likeness (QED) is 0.780. The van der Waals surface area contributed by atoms with Crippen LogP contribution in [0.4, 0.5) is 0 Å². The second-order valence-corrected chi connectivity index (χ2v) is 5.04. The van der Waals surface area contributed by atoms with Gasteiger partial charge in [-0.25, -0.2) is 0 Å². The van der Waals surface area contributed by atoms with Crippen molar-refractivity contribution in [2.75, 3.05) is 0 Å². The van der Waals surface area contributed by atoms with Gasteiger partial charge in [-0.1, -0.05) is 45.0 Å². The lowest BCUT2D eigenvalue weighted by molar-refractivity contribution is 0.281. The Kier molecular flexibility index (Phi) is 3.70. The molecular formula is C13H20O. The van der Waals surface area contributed by atoms with Crippen LogP contribution in [0.15, 0.2) is 24.3 Å². The van der Waals surface area contributed by atoms with Gasteiger partial charge < -0.3 is 5.11 Å². The Hall–Kier alpha value is -0.820. The zero-order chi connectivity index (χ0) is 10.6. The summed E-state index contributed by atoms with van der Waals surface area (Å²) >= 11 is 0. The van der Waals surface area contributed by atoms with E-state index in [0.717, 1.165) is 12.0 Å². The Bertz CT molecular complexity index is 284. The van der Waals surface area contributed by atoms with Crippen molar-refractivity contribution >= 4 is 0 Å². The molecule has 1 heteroatoms. The Morgan fingerprint density at radius 2 is 1.79 bits per heavy atom. The van der Waals surface area contributed by atoms with Crippen LogP contribution in [0.3, 0.4) is 0 Å². The number of aryl methyl sites for hydroxylation is 1. The molecule has 0 aliphatic carbocycles. The molecule has 0 aromatic heterocycles. The van der Waals surface area contributed by atoms with E-state index in [-0.39, 0.29) is 6.61 Å². The summed E-state index contributed by atoms with van der Waals surface area (Å²) in [6.07, 6.45) is 2.28. The topological polar surface area (TPSA) is 20.2 Å². The van der Waals surface area contributed by atoms with Crippen LogP contribution in [-0.2, 0) is 13.0 Å². The number of hydrogen-bond donors (Lipinski definition) is 1. The van der Waals surface area contributed by atoms with Gasteiger partial charge in [0.1, 0.15) is 0 Å². The average Bonchev–Trinajstić information content (AvgIpc) is 2.14. The SMILES string of the molecule is CC(C)(C)CCc1cccc(CO)c1. The van der Waals surface area contributed by atoms with Gasteiger partial charge in [0, 0.05) is 0 Å². The molecule has 0 spiro atoms. The summed E-state index contributed by atoms with van der Waals surface area (Å²) in [6.45, 7) is 6.90. The summed E-state index contributed by atoms with van der Waals surface area (Å²) in [4.78, 5) is 0. The first-order valence-electron chi connectivity index (χ1n) is 5.20. The number of rotatable bonds is 3. The lowest BCUT2D eigenvalue weighted by Crippen LogP contribution is -2.06. The third-order valence-electron chi connectivity index (χ3n) is 2.34. The molecular weight excluding hydrogens is 172 g/mol. The summed E-state index contributed by atoms with van der Waals surface area (Å²) in [6, 6.07) is 8.20. The fourth-order valence-corrected chi connectivity index (χ4v) is 1.40. The Labute approximate surface area is 86.8 Å². The maximum Gasteiger partial charge on any atom is 0.0681 e. The molecule has 0 aliphatic heterocycles. The van der Waals surface area contributed by atoms with Crippen LogP contribution < -0.4 is 0 Å². The Morgan fingerprint density at radius 1 is 1.14 bits per heavy atom. The van der Waals surface area contributed by atoms with Crippen molar-refractivity contribution in [3.8, 4) is 0 Å². The molecule has 14 heavy (non-hydrogen) atoms. The van der Waals surface area contributed by atoms with Gasteiger partial charge >= 0.3 is 0 Å². The van der Waals surface area contributed by atoms with Gasteiger partial charge in [0.15, 0.2) is 0 Å². The molecule has 1 aromatic carbocycles. The van der Waals surface area contributed by atoms with Crippen molar-refractivity contribution < 1.29 is 5.11 Å². The van der Waals surface area contributed by atoms with Crippen LogP contribution >= 0.6 is 0 Å². The first-order valence-corrected chi connectivity index (χ1v) is 5.20. The van der Waals surface area contributed by atoms with E-state index in [1.54, 1.807) is 0 Å². The molecule has 0 amide bonds. The van der Waals surface area contributed by atoms with E-state index in [1.807, 2.05) is 12.1 Å². The summed E-state index contributed by atoms with van der Waals surface area (Å²) in [5, 5.41) is 8.99. The normalized spacial score (nSPS) is 11.7. The molecule has 1 aromatic rings. The fourth-order valence-electron chi connectivity index (χ4n) is 1.40. The molecule has 78 valence electrons. The second-order valence-electron chi connectivity index (χ2n) is 5.04. The van der Waals surface area contributed by atoms with Gasteiger partial charge in [-0.05, 0) is 29.4 Å². The van der Waals surface area contributed by atoms with E-state index in [0.29, 0.717) is 5.41 Å². The molecule has 0 bridgehead atoms. The van der Waals surface area contributed by atoms with Crippen LogP contribution in [0, 0.1) is 5.41 Å². The zero-order valence-corrected chi connectivity index (χ0v) is 9.38. The molecule has 0 unspecified atom stereocenters. The van der Waals surface area contributed by atoms with Crippen LogP contribution in [0.5, 0.6) is 0 Å². The molecule has 0 atom stereocenters. The molecule has 0 saturated carbocycles. The van der Waals surface area contributed by atoms with Crippen molar-refractivity contribution in [1.82, 2.24) is 0 Å². The van der Waals surface area contributed by atoms with Crippen molar-refractivity contribution in [2.45, 2.75) is 40.2 Å². The van der Waals surface area contributed by atoms with E-state index in [2.05, 4.69) is 32.9 Å². The van der Waals surface area contributed by atoms with E-state index >= 15 is 0 Å². The molecule has 1 N–H and O–H groups in total. The summed E-state index contributed by atoms with van der Waals surface area (Å²) < 4.78 is 0. The first kappa shape index (κ1) is 11.3. The minimum atomic E-state index is 0.142. The standard InChI is InChI=1S/C13H20O/c1-13(2,3)8-7-11-5-4-6-12(9-11)10-14/h4-6,9,14H,7-8,10H2,1-3H3. The summed E-state index contributed by atoms with van der Waals surface area (Å²) in [7, 11) is 0. The minimum absolute atomic E-state index is 0.142. The molecule has 1 rings (SSSR count). The summed E-state index contributed by atoms with van der Waals surface area (Å²) in [5.41, 5.74) is 2.72. The molecule has 0 fully saturated rings. The second kappa shape index (κ2) is 4.61. The number of aliphatic hydroxyl groups is 1. The van der Waals surface area contributed by atoms with Gasteiger partial charge in [-0.3, -0.25) is 0 Å². The smallest absolute Gasteiger partial charge is 0.0681 e. The van der Waals surface area contributed by atoms with E-state index < -0.39 is 0 Å². The molecule has 0 saturated heterocycles. The van der Waals surface area contributed by atoms with Crippen molar-refractivity contribution in [3.05, 3.63) is 35.4 Å². The first-order chi connectivity index (χ1) is 6.51. The van der Waals surface area contributed by atoms with Crippen molar-refractivity contribution in [3.63, 3.8) is 0 Å². The van der Waals surface area contributed by atoms with Gasteiger partial charge in [0.05, 0.1) is 6.61 Å². The van der Waals surface area contributed by atoms with E-state index in [1.165, 1.54) is 12.0 Å². The lowest BCUT2D eigenvalue weighted by Gasteiger charge is -2.17. The highest BCUT2D eigenvalue weighted by Crippen LogP contribution is 2.21. The van der Waals surface area contributed by atoms with Gasteiger partial charge in [0.2, 0.25) is 0 Å². The molecule has 0 heterocycles. The number of hydrogen-bond acceptors (Lipinski definition) is 1. The van der Waals surface area contributed by atoms with Crippen LogP contribution in [0.2, 0.25) is 0 Å².